The second-order valence-electron chi connectivity index (χ2n) is 11.5. The Hall–Kier alpha value is -2.19. The fourth-order valence-electron chi connectivity index (χ4n) is 4.17. The van der Waals surface area contributed by atoms with Crippen molar-refractivity contribution in [2.75, 3.05) is 165 Å². The van der Waals surface area contributed by atoms with Crippen molar-refractivity contribution in [3.05, 3.63) is 0 Å². The summed E-state index contributed by atoms with van der Waals surface area (Å²) >= 11 is 0. The molecule has 0 heterocycles. The third-order valence-electron chi connectivity index (χ3n) is 6.78. The fourth-order valence-corrected chi connectivity index (χ4v) is 4.17. The predicted octanol–water partition coefficient (Wildman–Crippen LogP) is -4.76. The van der Waals surface area contributed by atoms with Gasteiger partial charge in [-0.15, -0.1) is 0 Å². The molecular weight excluding hydrogens is 722 g/mol. The Morgan fingerprint density at radius 1 is 0.463 bits per heavy atom. The maximum Gasteiger partial charge on any atom is 0.222 e. The van der Waals surface area contributed by atoms with Crippen molar-refractivity contribution in [2.45, 2.75) is 31.0 Å². The van der Waals surface area contributed by atoms with Gasteiger partial charge in [-0.1, -0.05) is 0 Å². The first-order chi connectivity index (χ1) is 26.3. The van der Waals surface area contributed by atoms with Crippen LogP contribution in [0.2, 0.25) is 0 Å². The number of ether oxygens (including phenoxy) is 9. The standard InChI is InChI=1S/C33H67N5O16/c34-25-32(45)38-33(26-52-10-1-29(42)35-4-13-46-19-22-49-16-7-39,27-53-11-2-30(43)36-5-14-47-20-23-50-17-8-40)28-54-12-3-31(44)37-6-15-48-21-24-51-18-9-41/h32,38-41,45H,1-28,34H2,(H,35,42)(H,36,43)(H,37,44). The van der Waals surface area contributed by atoms with Gasteiger partial charge < -0.3 is 84.7 Å². The molecule has 21 heteroatoms. The van der Waals surface area contributed by atoms with Crippen molar-refractivity contribution in [1.29, 1.82) is 0 Å². The molecule has 21 nitrogen and oxygen atoms in total. The zero-order chi connectivity index (χ0) is 39.8. The van der Waals surface area contributed by atoms with Crippen LogP contribution in [0, 0.1) is 0 Å². The zero-order valence-corrected chi connectivity index (χ0v) is 31.6. The van der Waals surface area contributed by atoms with E-state index in [1.165, 1.54) is 0 Å². The molecule has 0 aliphatic heterocycles. The minimum Gasteiger partial charge on any atom is -0.394 e. The number of aliphatic hydroxyl groups excluding tert-OH is 4. The minimum absolute atomic E-state index is 0.0277. The molecule has 3 amide bonds. The molecule has 320 valence electrons. The Kier molecular flexibility index (Phi) is 37.5. The predicted molar refractivity (Wildman–Crippen MR) is 192 cm³/mol. The van der Waals surface area contributed by atoms with E-state index in [0.717, 1.165) is 0 Å². The molecule has 0 spiro atoms. The highest BCUT2D eigenvalue weighted by Gasteiger charge is 2.34. The van der Waals surface area contributed by atoms with E-state index in [4.69, 9.17) is 63.7 Å². The van der Waals surface area contributed by atoms with Gasteiger partial charge in [0.25, 0.3) is 0 Å². The van der Waals surface area contributed by atoms with Crippen LogP contribution >= 0.6 is 0 Å². The van der Waals surface area contributed by atoms with Gasteiger partial charge in [0.1, 0.15) is 6.23 Å². The maximum atomic E-state index is 12.3. The monoisotopic (exact) mass is 789 g/mol. The highest BCUT2D eigenvalue weighted by Crippen LogP contribution is 2.11. The summed E-state index contributed by atoms with van der Waals surface area (Å²) in [7, 11) is 0. The fraction of sp³-hybridized carbons (Fsp3) is 0.909. The molecule has 0 bridgehead atoms. The molecule has 1 unspecified atom stereocenters. The molecule has 10 N–H and O–H groups in total. The topological polar surface area (TPSA) is 289 Å². The summed E-state index contributed by atoms with van der Waals surface area (Å²) in [6.07, 6.45) is -1.06. The SMILES string of the molecule is NCC(O)NC(COCCC(=O)NCCOCCOCCO)(COCCC(=O)NCCOCCOCCO)COCCC(=O)NCCOCCOCCO. The second-order valence-corrected chi connectivity index (χ2v) is 11.5. The summed E-state index contributed by atoms with van der Waals surface area (Å²) < 4.78 is 48.9. The van der Waals surface area contributed by atoms with Gasteiger partial charge in [0, 0.05) is 45.4 Å². The smallest absolute Gasteiger partial charge is 0.222 e. The molecule has 0 aromatic carbocycles. The lowest BCUT2D eigenvalue weighted by molar-refractivity contribution is -0.123. The van der Waals surface area contributed by atoms with Crippen molar-refractivity contribution in [3.63, 3.8) is 0 Å². The number of amides is 3. The molecule has 0 radical (unpaired) electrons. The summed E-state index contributed by atoms with van der Waals surface area (Å²) in [5.74, 6) is -0.789. The number of rotatable bonds is 42. The average Bonchev–Trinajstić information content (AvgIpc) is 3.16. The third-order valence-corrected chi connectivity index (χ3v) is 6.78. The Labute approximate surface area is 318 Å². The lowest BCUT2D eigenvalue weighted by Gasteiger charge is -2.36. The summed E-state index contributed by atoms with van der Waals surface area (Å²) in [6.45, 7) is 3.95. The van der Waals surface area contributed by atoms with Gasteiger partial charge in [0.05, 0.1) is 144 Å². The largest absolute Gasteiger partial charge is 0.394 e. The van der Waals surface area contributed by atoms with E-state index in [1.807, 2.05) is 0 Å². The second kappa shape index (κ2) is 39.1. The first kappa shape index (κ1) is 51.8. The van der Waals surface area contributed by atoms with Gasteiger partial charge >= 0.3 is 0 Å². The maximum absolute atomic E-state index is 12.3. The van der Waals surface area contributed by atoms with Crippen LogP contribution in [0.1, 0.15) is 19.3 Å². The summed E-state index contributed by atoms with van der Waals surface area (Å²) in [5.41, 5.74) is 4.51. The molecule has 0 saturated carbocycles. The van der Waals surface area contributed by atoms with E-state index in [-0.39, 0.29) is 162 Å². The highest BCUT2D eigenvalue weighted by atomic mass is 16.5. The molecule has 0 aliphatic carbocycles. The van der Waals surface area contributed by atoms with Crippen molar-refractivity contribution in [3.8, 4) is 0 Å². The van der Waals surface area contributed by atoms with Crippen molar-refractivity contribution < 1.29 is 77.4 Å². The summed E-state index contributed by atoms with van der Waals surface area (Å²) in [5, 5.41) is 47.7. The van der Waals surface area contributed by atoms with Crippen molar-refractivity contribution >= 4 is 17.7 Å². The molecule has 0 rings (SSSR count). The molecule has 54 heavy (non-hydrogen) atoms. The van der Waals surface area contributed by atoms with Gasteiger partial charge in [-0.25, -0.2) is 0 Å². The van der Waals surface area contributed by atoms with Gasteiger partial charge in [0.15, 0.2) is 0 Å². The number of nitrogens with two attached hydrogens (primary N) is 1. The van der Waals surface area contributed by atoms with Crippen LogP contribution in [0.3, 0.4) is 0 Å². The minimum atomic E-state index is -1.17. The number of carbonyl (C=O) groups excluding carboxylic acids is 3. The Bertz CT molecular complexity index is 785. The van der Waals surface area contributed by atoms with Gasteiger partial charge in [-0.2, -0.15) is 0 Å². The summed E-state index contributed by atoms with van der Waals surface area (Å²) in [6, 6.07) is 0. The lowest BCUT2D eigenvalue weighted by atomic mass is 10.0. The van der Waals surface area contributed by atoms with Crippen LogP contribution in [0.15, 0.2) is 0 Å². The highest BCUT2D eigenvalue weighted by molar-refractivity contribution is 5.76. The Morgan fingerprint density at radius 2 is 0.759 bits per heavy atom. The molecule has 0 aliphatic rings. The third kappa shape index (κ3) is 34.3. The quantitative estimate of drug-likeness (QED) is 0.0207. The molecule has 0 saturated heterocycles. The van der Waals surface area contributed by atoms with Gasteiger partial charge in [-0.3, -0.25) is 19.7 Å². The van der Waals surface area contributed by atoms with Crippen LogP contribution in [0.5, 0.6) is 0 Å². The molecule has 1 atom stereocenters. The first-order valence-corrected chi connectivity index (χ1v) is 18.3. The van der Waals surface area contributed by atoms with Crippen molar-refractivity contribution in [2.24, 2.45) is 5.73 Å². The van der Waals surface area contributed by atoms with E-state index in [2.05, 4.69) is 21.3 Å². The van der Waals surface area contributed by atoms with E-state index in [9.17, 15) is 19.5 Å². The van der Waals surface area contributed by atoms with E-state index < -0.39 is 11.8 Å². The van der Waals surface area contributed by atoms with Crippen LogP contribution in [0.25, 0.3) is 0 Å². The Morgan fingerprint density at radius 3 is 1.04 bits per heavy atom. The van der Waals surface area contributed by atoms with Crippen LogP contribution in [-0.2, 0) is 57.0 Å². The zero-order valence-electron chi connectivity index (χ0n) is 31.6. The number of hydrogen-bond acceptors (Lipinski definition) is 18. The van der Waals surface area contributed by atoms with Gasteiger partial charge in [-0.05, 0) is 0 Å². The van der Waals surface area contributed by atoms with Crippen LogP contribution in [0.4, 0.5) is 0 Å². The average molecular weight is 790 g/mol. The van der Waals surface area contributed by atoms with E-state index in [1.54, 1.807) is 0 Å². The molecule has 0 fully saturated rings. The number of carbonyl (C=O) groups is 3. The lowest BCUT2D eigenvalue weighted by Crippen LogP contribution is -2.61. The molecule has 0 aromatic rings. The number of aliphatic hydroxyl groups is 4. The summed E-state index contributed by atoms with van der Waals surface area (Å²) in [4.78, 5) is 36.9. The number of nitrogens with one attached hydrogen (secondary N) is 4. The molecular formula is C33H67N5O16. The van der Waals surface area contributed by atoms with E-state index in [0.29, 0.717) is 39.6 Å². The number of hydrogen-bond donors (Lipinski definition) is 9. The first-order valence-electron chi connectivity index (χ1n) is 18.3. The van der Waals surface area contributed by atoms with Crippen LogP contribution < -0.4 is 27.0 Å². The van der Waals surface area contributed by atoms with Crippen LogP contribution in [-0.4, -0.2) is 215 Å². The molecule has 0 aromatic heterocycles. The Balaban J connectivity index is 4.91. The van der Waals surface area contributed by atoms with Crippen molar-refractivity contribution in [1.82, 2.24) is 21.3 Å². The van der Waals surface area contributed by atoms with Gasteiger partial charge in [0.2, 0.25) is 17.7 Å². The van der Waals surface area contributed by atoms with E-state index >= 15 is 0 Å². The normalized spacial score (nSPS) is 12.2.